The highest BCUT2D eigenvalue weighted by atomic mass is 16.3. The Kier molecular flexibility index (Phi) is 4.20. The van der Waals surface area contributed by atoms with Gasteiger partial charge in [0, 0.05) is 25.5 Å². The maximum absolute atomic E-state index is 10.5. The molecule has 1 aliphatic heterocycles. The molecule has 0 radical (unpaired) electrons. The maximum atomic E-state index is 10.5. The van der Waals surface area contributed by atoms with E-state index in [4.69, 9.17) is 5.26 Å². The molecule has 1 saturated carbocycles. The van der Waals surface area contributed by atoms with Gasteiger partial charge in [-0.25, -0.2) is 9.97 Å². The van der Waals surface area contributed by atoms with E-state index in [2.05, 4.69) is 31.2 Å². The molecule has 3 heterocycles. The van der Waals surface area contributed by atoms with Crippen LogP contribution < -0.4 is 10.2 Å². The Balaban J connectivity index is 1.45. The summed E-state index contributed by atoms with van der Waals surface area (Å²) in [6.45, 7) is 1.78. The van der Waals surface area contributed by atoms with Crippen LogP contribution in [-0.4, -0.2) is 45.3 Å². The van der Waals surface area contributed by atoms with Crippen molar-refractivity contribution in [2.75, 3.05) is 23.3 Å². The van der Waals surface area contributed by atoms with E-state index in [-0.39, 0.29) is 6.04 Å². The number of aliphatic hydroxyl groups excluding tert-OH is 1. The van der Waals surface area contributed by atoms with Crippen LogP contribution in [0.4, 0.5) is 11.6 Å². The van der Waals surface area contributed by atoms with Crippen molar-refractivity contribution in [2.24, 2.45) is 11.8 Å². The minimum absolute atomic E-state index is 0.0173. The molecule has 7 nitrogen and oxygen atoms in total. The fraction of sp³-hybridized carbons (Fsp3) is 0.444. The monoisotopic (exact) mass is 336 g/mol. The van der Waals surface area contributed by atoms with Crippen molar-refractivity contribution >= 4 is 11.6 Å². The zero-order valence-corrected chi connectivity index (χ0v) is 13.8. The number of hydrogen-bond acceptors (Lipinski definition) is 7. The minimum atomic E-state index is -0.401. The molecule has 1 aliphatic carbocycles. The van der Waals surface area contributed by atoms with E-state index in [1.165, 1.54) is 0 Å². The summed E-state index contributed by atoms with van der Waals surface area (Å²) in [5, 5.41) is 22.9. The summed E-state index contributed by atoms with van der Waals surface area (Å²) < 4.78 is 0. The van der Waals surface area contributed by atoms with Gasteiger partial charge in [0.25, 0.3) is 0 Å². The summed E-state index contributed by atoms with van der Waals surface area (Å²) in [4.78, 5) is 14.9. The van der Waals surface area contributed by atoms with Crippen molar-refractivity contribution in [3.8, 4) is 6.07 Å². The normalized spacial score (nSPS) is 28.2. The summed E-state index contributed by atoms with van der Waals surface area (Å²) in [5.41, 5.74) is 0.439. The van der Waals surface area contributed by atoms with Crippen LogP contribution in [0.3, 0.4) is 0 Å². The Morgan fingerprint density at radius 1 is 1.20 bits per heavy atom. The predicted octanol–water partition coefficient (Wildman–Crippen LogP) is 1.43. The van der Waals surface area contributed by atoms with Crippen LogP contribution in [-0.2, 0) is 0 Å². The van der Waals surface area contributed by atoms with E-state index in [1.54, 1.807) is 24.7 Å². The Labute approximate surface area is 146 Å². The molecule has 4 rings (SSSR count). The Morgan fingerprint density at radius 3 is 2.80 bits per heavy atom. The van der Waals surface area contributed by atoms with Crippen LogP contribution in [0.25, 0.3) is 0 Å². The van der Waals surface area contributed by atoms with Crippen LogP contribution in [0.2, 0.25) is 0 Å². The van der Waals surface area contributed by atoms with Gasteiger partial charge < -0.3 is 15.3 Å². The Hall–Kier alpha value is -2.72. The fourth-order valence-corrected chi connectivity index (χ4v) is 4.00. The third kappa shape index (κ3) is 3.26. The maximum Gasteiger partial charge on any atom is 0.144 e. The number of nitrogens with zero attached hydrogens (tertiary/aromatic N) is 5. The molecule has 0 amide bonds. The van der Waals surface area contributed by atoms with E-state index in [0.29, 0.717) is 23.3 Å². The summed E-state index contributed by atoms with van der Waals surface area (Å²) in [5.74, 6) is 2.48. The number of rotatable bonds is 3. The fourth-order valence-electron chi connectivity index (χ4n) is 4.00. The molecule has 1 saturated heterocycles. The quantitative estimate of drug-likeness (QED) is 0.875. The molecule has 25 heavy (non-hydrogen) atoms. The smallest absolute Gasteiger partial charge is 0.144 e. The van der Waals surface area contributed by atoms with Gasteiger partial charge in [0.1, 0.15) is 23.4 Å². The van der Waals surface area contributed by atoms with Crippen molar-refractivity contribution in [3.63, 3.8) is 0 Å². The zero-order valence-electron chi connectivity index (χ0n) is 13.8. The van der Waals surface area contributed by atoms with Gasteiger partial charge in [-0.15, -0.1) is 0 Å². The van der Waals surface area contributed by atoms with E-state index in [9.17, 15) is 5.11 Å². The average Bonchev–Trinajstić information content (AvgIpc) is 3.06. The van der Waals surface area contributed by atoms with Crippen LogP contribution in [0.5, 0.6) is 0 Å². The van der Waals surface area contributed by atoms with Crippen LogP contribution in [0, 0.1) is 23.2 Å². The molecule has 2 aliphatic rings. The summed E-state index contributed by atoms with van der Waals surface area (Å²) in [6.07, 6.45) is 6.20. The first-order valence-electron chi connectivity index (χ1n) is 8.55. The second kappa shape index (κ2) is 6.65. The van der Waals surface area contributed by atoms with Crippen molar-refractivity contribution in [3.05, 3.63) is 42.5 Å². The van der Waals surface area contributed by atoms with Gasteiger partial charge in [-0.05, 0) is 36.8 Å². The molecule has 0 spiro atoms. The molecular weight excluding hydrogens is 316 g/mol. The second-order valence-corrected chi connectivity index (χ2v) is 6.80. The van der Waals surface area contributed by atoms with E-state index in [1.807, 2.05) is 12.1 Å². The number of fused-ring (bicyclic) bond motifs is 1. The standard InChI is InChI=1S/C18H20N6O/c19-8-14-2-1-3-18(22-14)24-10-12-6-15(16(25)7-13(12)11-24)23-17-9-20-4-5-21-17/h1-5,9,12-13,15-16,25H,6-7,10-11H2,(H,21,23)/t12-,13+,15-,16-/m1/s1. The average molecular weight is 336 g/mol. The topological polar surface area (TPSA) is 98.0 Å². The number of aromatic nitrogens is 3. The SMILES string of the molecule is N#Cc1cccc(N2C[C@H]3C[C@@H](Nc4cnccn4)[C@H](O)C[C@H]3C2)n1. The first-order chi connectivity index (χ1) is 12.2. The first kappa shape index (κ1) is 15.8. The Morgan fingerprint density at radius 2 is 2.04 bits per heavy atom. The highest BCUT2D eigenvalue weighted by Gasteiger charge is 2.42. The van der Waals surface area contributed by atoms with Gasteiger partial charge in [0.05, 0.1) is 18.3 Å². The largest absolute Gasteiger partial charge is 0.391 e. The van der Waals surface area contributed by atoms with Crippen LogP contribution in [0.15, 0.2) is 36.8 Å². The van der Waals surface area contributed by atoms with Gasteiger partial charge in [-0.3, -0.25) is 4.98 Å². The van der Waals surface area contributed by atoms with Gasteiger partial charge in [-0.1, -0.05) is 6.07 Å². The molecular formula is C18H20N6O. The van der Waals surface area contributed by atoms with E-state index < -0.39 is 6.10 Å². The summed E-state index contributed by atoms with van der Waals surface area (Å²) in [7, 11) is 0. The van der Waals surface area contributed by atoms with Crippen molar-refractivity contribution in [1.82, 2.24) is 15.0 Å². The molecule has 0 aromatic carbocycles. The molecule has 2 N–H and O–H groups in total. The highest BCUT2D eigenvalue weighted by molar-refractivity contribution is 5.43. The molecule has 0 bridgehead atoms. The van der Waals surface area contributed by atoms with Crippen LogP contribution in [0.1, 0.15) is 18.5 Å². The third-order valence-corrected chi connectivity index (χ3v) is 5.21. The summed E-state index contributed by atoms with van der Waals surface area (Å²) in [6, 6.07) is 7.62. The predicted molar refractivity (Wildman–Crippen MR) is 92.8 cm³/mol. The van der Waals surface area contributed by atoms with Gasteiger partial charge >= 0.3 is 0 Å². The lowest BCUT2D eigenvalue weighted by molar-refractivity contribution is 0.0737. The Bertz CT molecular complexity index is 777. The molecule has 4 atom stereocenters. The minimum Gasteiger partial charge on any atom is -0.391 e. The van der Waals surface area contributed by atoms with Gasteiger partial charge in [0.2, 0.25) is 0 Å². The molecule has 0 unspecified atom stereocenters. The number of hydrogen-bond donors (Lipinski definition) is 2. The number of nitrogens with one attached hydrogen (secondary N) is 1. The molecule has 2 aromatic heterocycles. The van der Waals surface area contributed by atoms with E-state index >= 15 is 0 Å². The third-order valence-electron chi connectivity index (χ3n) is 5.21. The summed E-state index contributed by atoms with van der Waals surface area (Å²) >= 11 is 0. The molecule has 128 valence electrons. The van der Waals surface area contributed by atoms with Gasteiger partial charge in [-0.2, -0.15) is 5.26 Å². The van der Waals surface area contributed by atoms with Gasteiger partial charge in [0.15, 0.2) is 0 Å². The molecule has 2 aromatic rings. The number of nitriles is 1. The lowest BCUT2D eigenvalue weighted by Gasteiger charge is -2.35. The van der Waals surface area contributed by atoms with E-state index in [0.717, 1.165) is 31.7 Å². The van der Waals surface area contributed by atoms with Crippen molar-refractivity contribution in [2.45, 2.75) is 25.0 Å². The lowest BCUT2D eigenvalue weighted by Crippen LogP contribution is -2.43. The number of anilines is 2. The first-order valence-corrected chi connectivity index (χ1v) is 8.55. The zero-order chi connectivity index (χ0) is 17.2. The van der Waals surface area contributed by atoms with Crippen molar-refractivity contribution in [1.29, 1.82) is 5.26 Å². The molecule has 7 heteroatoms. The van der Waals surface area contributed by atoms with Crippen molar-refractivity contribution < 1.29 is 5.11 Å². The number of pyridine rings is 1. The number of aliphatic hydroxyl groups is 1. The highest BCUT2D eigenvalue weighted by Crippen LogP contribution is 2.38. The lowest BCUT2D eigenvalue weighted by atomic mass is 9.77. The van der Waals surface area contributed by atoms with Crippen LogP contribution >= 0.6 is 0 Å². The molecule has 2 fully saturated rings. The second-order valence-electron chi connectivity index (χ2n) is 6.80.